The molecule has 3 N–H and O–H groups in total. The van der Waals surface area contributed by atoms with Gasteiger partial charge in [-0.15, -0.1) is 0 Å². The van der Waals surface area contributed by atoms with Crippen LogP contribution in [-0.4, -0.2) is 12.5 Å². The van der Waals surface area contributed by atoms with Gasteiger partial charge in [-0.2, -0.15) is 0 Å². The van der Waals surface area contributed by atoms with Crippen molar-refractivity contribution in [2.45, 2.75) is 26.3 Å². The van der Waals surface area contributed by atoms with Crippen LogP contribution in [0.5, 0.6) is 0 Å². The van der Waals surface area contributed by atoms with Gasteiger partial charge in [0.2, 0.25) is 5.91 Å². The average molecular weight is 273 g/mol. The summed E-state index contributed by atoms with van der Waals surface area (Å²) in [6, 6.07) is 4.40. The van der Waals surface area contributed by atoms with Crippen molar-refractivity contribution in [1.29, 1.82) is 0 Å². The summed E-state index contributed by atoms with van der Waals surface area (Å²) in [5.74, 6) is -0.296. The molecule has 1 aromatic rings. The Balaban J connectivity index is 2.44. The minimum absolute atomic E-state index is 0.0484. The van der Waals surface area contributed by atoms with Crippen molar-refractivity contribution in [2.24, 2.45) is 11.7 Å². The summed E-state index contributed by atoms with van der Waals surface area (Å²) in [6.07, 6.45) is 1.30. The first-order chi connectivity index (χ1) is 8.56. The van der Waals surface area contributed by atoms with E-state index in [-0.39, 0.29) is 16.8 Å². The molecule has 100 valence electrons. The fourth-order valence-electron chi connectivity index (χ4n) is 1.58. The van der Waals surface area contributed by atoms with Gasteiger partial charge in [0.15, 0.2) is 0 Å². The lowest BCUT2D eigenvalue weighted by atomic mass is 10.0. The summed E-state index contributed by atoms with van der Waals surface area (Å²) in [5.41, 5.74) is 6.31. The molecule has 1 rings (SSSR count). The van der Waals surface area contributed by atoms with Crippen LogP contribution in [0.15, 0.2) is 18.2 Å². The van der Waals surface area contributed by atoms with E-state index in [2.05, 4.69) is 5.32 Å². The Hall–Kier alpha value is -1.13. The number of hydrogen-bond acceptors (Lipinski definition) is 2. The number of hydrogen-bond donors (Lipinski definition) is 2. The van der Waals surface area contributed by atoms with Gasteiger partial charge in [-0.1, -0.05) is 31.0 Å². The largest absolute Gasteiger partial charge is 0.352 e. The first-order valence-corrected chi connectivity index (χ1v) is 6.35. The van der Waals surface area contributed by atoms with Crippen molar-refractivity contribution >= 4 is 17.5 Å². The van der Waals surface area contributed by atoms with Crippen LogP contribution in [-0.2, 0) is 11.3 Å². The zero-order valence-corrected chi connectivity index (χ0v) is 11.1. The molecule has 1 aromatic carbocycles. The number of benzene rings is 1. The van der Waals surface area contributed by atoms with Crippen molar-refractivity contribution < 1.29 is 9.18 Å². The molecular formula is C13H18ClFN2O. The molecule has 1 atom stereocenters. The average Bonchev–Trinajstić information content (AvgIpc) is 2.37. The van der Waals surface area contributed by atoms with E-state index >= 15 is 0 Å². The van der Waals surface area contributed by atoms with Crippen LogP contribution < -0.4 is 11.1 Å². The van der Waals surface area contributed by atoms with E-state index in [4.69, 9.17) is 17.3 Å². The Morgan fingerprint density at radius 1 is 1.56 bits per heavy atom. The zero-order valence-electron chi connectivity index (χ0n) is 10.4. The van der Waals surface area contributed by atoms with Crippen molar-refractivity contribution in [1.82, 2.24) is 5.32 Å². The molecule has 0 aliphatic rings. The SMILES string of the molecule is CCC(CN)CC(=O)NCc1ccc(F)c(Cl)c1. The lowest BCUT2D eigenvalue weighted by Gasteiger charge is -2.12. The molecule has 3 nitrogen and oxygen atoms in total. The Morgan fingerprint density at radius 2 is 2.28 bits per heavy atom. The topological polar surface area (TPSA) is 55.1 Å². The minimum atomic E-state index is -0.457. The van der Waals surface area contributed by atoms with Crippen LogP contribution >= 0.6 is 11.6 Å². The maximum Gasteiger partial charge on any atom is 0.220 e. The molecule has 0 aliphatic heterocycles. The first-order valence-electron chi connectivity index (χ1n) is 5.97. The molecule has 0 saturated carbocycles. The number of carbonyl (C=O) groups is 1. The fraction of sp³-hybridized carbons (Fsp3) is 0.462. The van der Waals surface area contributed by atoms with Crippen molar-refractivity contribution in [3.8, 4) is 0 Å². The van der Waals surface area contributed by atoms with Gasteiger partial charge in [0, 0.05) is 13.0 Å². The quantitative estimate of drug-likeness (QED) is 0.836. The van der Waals surface area contributed by atoms with E-state index in [0.717, 1.165) is 12.0 Å². The molecular weight excluding hydrogens is 255 g/mol. The Kier molecular flexibility index (Phi) is 6.09. The van der Waals surface area contributed by atoms with Crippen LogP contribution in [0.4, 0.5) is 4.39 Å². The van der Waals surface area contributed by atoms with E-state index in [1.807, 2.05) is 6.92 Å². The van der Waals surface area contributed by atoms with E-state index in [1.165, 1.54) is 12.1 Å². The molecule has 1 amide bonds. The lowest BCUT2D eigenvalue weighted by molar-refractivity contribution is -0.122. The molecule has 0 saturated heterocycles. The highest BCUT2D eigenvalue weighted by molar-refractivity contribution is 6.30. The van der Waals surface area contributed by atoms with Gasteiger partial charge in [-0.25, -0.2) is 4.39 Å². The van der Waals surface area contributed by atoms with Gasteiger partial charge in [0.1, 0.15) is 5.82 Å². The Bertz CT molecular complexity index is 408. The monoisotopic (exact) mass is 272 g/mol. The summed E-state index contributed by atoms with van der Waals surface area (Å²) in [5, 5.41) is 2.83. The molecule has 0 aromatic heterocycles. The molecule has 0 bridgehead atoms. The van der Waals surface area contributed by atoms with E-state index in [9.17, 15) is 9.18 Å². The molecule has 0 radical (unpaired) electrons. The summed E-state index contributed by atoms with van der Waals surface area (Å²) in [7, 11) is 0. The summed E-state index contributed by atoms with van der Waals surface area (Å²) < 4.78 is 12.9. The Labute approximate surface area is 112 Å². The first kappa shape index (κ1) is 14.9. The second-order valence-corrected chi connectivity index (χ2v) is 4.65. The highest BCUT2D eigenvalue weighted by Crippen LogP contribution is 2.16. The normalized spacial score (nSPS) is 12.2. The van der Waals surface area contributed by atoms with Crippen LogP contribution in [0.25, 0.3) is 0 Å². The fourth-order valence-corrected chi connectivity index (χ4v) is 1.78. The lowest BCUT2D eigenvalue weighted by Crippen LogP contribution is -2.27. The highest BCUT2D eigenvalue weighted by Gasteiger charge is 2.10. The standard InChI is InChI=1S/C13H18ClFN2O/c1-2-9(7-16)6-13(18)17-8-10-3-4-12(15)11(14)5-10/h3-5,9H,2,6-8,16H2,1H3,(H,17,18). The van der Waals surface area contributed by atoms with Gasteiger partial charge < -0.3 is 11.1 Å². The van der Waals surface area contributed by atoms with Gasteiger partial charge in [-0.3, -0.25) is 4.79 Å². The molecule has 1 unspecified atom stereocenters. The van der Waals surface area contributed by atoms with Crippen LogP contribution in [0, 0.1) is 11.7 Å². The highest BCUT2D eigenvalue weighted by atomic mass is 35.5. The van der Waals surface area contributed by atoms with E-state index in [0.29, 0.717) is 19.5 Å². The van der Waals surface area contributed by atoms with Gasteiger partial charge in [-0.05, 0) is 30.2 Å². The van der Waals surface area contributed by atoms with Crippen molar-refractivity contribution in [3.63, 3.8) is 0 Å². The second-order valence-electron chi connectivity index (χ2n) is 4.24. The summed E-state index contributed by atoms with van der Waals surface area (Å²) >= 11 is 5.65. The molecule has 0 aliphatic carbocycles. The van der Waals surface area contributed by atoms with Gasteiger partial charge in [0.25, 0.3) is 0 Å². The minimum Gasteiger partial charge on any atom is -0.352 e. The van der Waals surface area contributed by atoms with Crippen LogP contribution in [0.1, 0.15) is 25.3 Å². The van der Waals surface area contributed by atoms with Crippen LogP contribution in [0.2, 0.25) is 5.02 Å². The van der Waals surface area contributed by atoms with Crippen molar-refractivity contribution in [3.05, 3.63) is 34.6 Å². The molecule has 0 spiro atoms. The third-order valence-electron chi connectivity index (χ3n) is 2.86. The second kappa shape index (κ2) is 7.34. The van der Waals surface area contributed by atoms with Gasteiger partial charge in [0.05, 0.1) is 5.02 Å². The predicted molar refractivity (Wildman–Crippen MR) is 70.7 cm³/mol. The van der Waals surface area contributed by atoms with Crippen molar-refractivity contribution in [2.75, 3.05) is 6.54 Å². The predicted octanol–water partition coefficient (Wildman–Crippen LogP) is 2.47. The molecule has 0 heterocycles. The smallest absolute Gasteiger partial charge is 0.220 e. The third kappa shape index (κ3) is 4.63. The maximum atomic E-state index is 12.9. The zero-order chi connectivity index (χ0) is 13.5. The summed E-state index contributed by atoms with van der Waals surface area (Å²) in [6.45, 7) is 2.86. The molecule has 18 heavy (non-hydrogen) atoms. The number of amides is 1. The molecule has 5 heteroatoms. The number of nitrogens with two attached hydrogens (primary N) is 1. The number of carbonyl (C=O) groups excluding carboxylic acids is 1. The summed E-state index contributed by atoms with van der Waals surface area (Å²) in [4.78, 5) is 11.6. The van der Waals surface area contributed by atoms with E-state index < -0.39 is 5.82 Å². The van der Waals surface area contributed by atoms with Gasteiger partial charge >= 0.3 is 0 Å². The number of nitrogens with one attached hydrogen (secondary N) is 1. The number of rotatable bonds is 6. The van der Waals surface area contributed by atoms with E-state index in [1.54, 1.807) is 6.07 Å². The van der Waals surface area contributed by atoms with Crippen LogP contribution in [0.3, 0.4) is 0 Å². The third-order valence-corrected chi connectivity index (χ3v) is 3.15. The number of halogens is 2. The maximum absolute atomic E-state index is 12.9. The Morgan fingerprint density at radius 3 is 2.83 bits per heavy atom. The molecule has 0 fully saturated rings.